The van der Waals surface area contributed by atoms with Gasteiger partial charge in [-0.25, -0.2) is 0 Å². The summed E-state index contributed by atoms with van der Waals surface area (Å²) in [4.78, 5) is 10.5. The number of rotatable bonds is 1. The lowest BCUT2D eigenvalue weighted by Gasteiger charge is -2.12. The molecule has 0 bridgehead atoms. The summed E-state index contributed by atoms with van der Waals surface area (Å²) < 4.78 is 5.60. The molecule has 0 amide bonds. The summed E-state index contributed by atoms with van der Waals surface area (Å²) in [5.74, 6) is 0.0624. The minimum atomic E-state index is 0.0624. The summed E-state index contributed by atoms with van der Waals surface area (Å²) in [5.41, 5.74) is 2.41. The first-order chi connectivity index (χ1) is 5.92. The highest BCUT2D eigenvalue weighted by molar-refractivity contribution is 5.73. The molecule has 2 nitrogen and oxygen atoms in total. The molecule has 3 aliphatic rings. The Morgan fingerprint density at radius 1 is 1.42 bits per heavy atom. The first-order valence-corrected chi connectivity index (χ1v) is 4.11. The molecule has 1 heterocycles. The molecular formula is C10H8O2. The van der Waals surface area contributed by atoms with Gasteiger partial charge in [0.1, 0.15) is 12.4 Å². The van der Waals surface area contributed by atoms with E-state index in [-0.39, 0.29) is 18.1 Å². The van der Waals surface area contributed by atoms with Gasteiger partial charge >= 0.3 is 0 Å². The van der Waals surface area contributed by atoms with Crippen molar-refractivity contribution in [3.63, 3.8) is 0 Å². The zero-order valence-electron chi connectivity index (χ0n) is 6.44. The number of ether oxygens (including phenoxy) is 1. The third-order valence-electron chi connectivity index (χ3n) is 2.64. The van der Waals surface area contributed by atoms with Gasteiger partial charge in [0, 0.05) is 0 Å². The van der Waals surface area contributed by atoms with Crippen LogP contribution in [0.4, 0.5) is 0 Å². The van der Waals surface area contributed by atoms with Gasteiger partial charge in [0.15, 0.2) is 0 Å². The number of carbonyl (C=O) groups is 1. The van der Waals surface area contributed by atoms with Gasteiger partial charge in [-0.05, 0) is 11.1 Å². The molecule has 2 aliphatic carbocycles. The van der Waals surface area contributed by atoms with Crippen LogP contribution in [0.2, 0.25) is 0 Å². The Balaban J connectivity index is 2.04. The van der Waals surface area contributed by atoms with E-state index in [2.05, 4.69) is 0 Å². The van der Waals surface area contributed by atoms with Crippen molar-refractivity contribution < 1.29 is 9.53 Å². The summed E-state index contributed by atoms with van der Waals surface area (Å²) >= 11 is 0. The van der Waals surface area contributed by atoms with Gasteiger partial charge in [-0.15, -0.1) is 0 Å². The molecule has 0 saturated heterocycles. The number of carbonyl (C=O) groups excluding carboxylic acids is 1. The highest BCUT2D eigenvalue weighted by Crippen LogP contribution is 2.50. The Labute approximate surface area is 70.2 Å². The first kappa shape index (κ1) is 6.38. The summed E-state index contributed by atoms with van der Waals surface area (Å²) in [7, 11) is 0. The van der Waals surface area contributed by atoms with Gasteiger partial charge in [-0.1, -0.05) is 24.3 Å². The van der Waals surface area contributed by atoms with Crippen molar-refractivity contribution in [3.8, 4) is 0 Å². The molecule has 0 aromatic carbocycles. The van der Waals surface area contributed by atoms with Crippen LogP contribution in [0.3, 0.4) is 0 Å². The van der Waals surface area contributed by atoms with Crippen LogP contribution in [0.5, 0.6) is 0 Å². The molecule has 60 valence electrons. The maximum Gasteiger partial charge on any atom is 0.130 e. The maximum absolute atomic E-state index is 10.5. The smallest absolute Gasteiger partial charge is 0.130 e. The van der Waals surface area contributed by atoms with Crippen LogP contribution in [0, 0.1) is 5.92 Å². The monoisotopic (exact) mass is 160 g/mol. The van der Waals surface area contributed by atoms with Crippen molar-refractivity contribution in [2.45, 2.75) is 12.2 Å². The standard InChI is InChI=1S/C10H8O2/c11-5-7-9-6-3-1-2-4-8(6)12-10(7)9/h1-5,7-8,10H. The van der Waals surface area contributed by atoms with Crippen LogP contribution in [-0.4, -0.2) is 18.5 Å². The van der Waals surface area contributed by atoms with Gasteiger partial charge in [-0.3, -0.25) is 0 Å². The molecule has 3 atom stereocenters. The highest BCUT2D eigenvalue weighted by Gasteiger charge is 2.53. The van der Waals surface area contributed by atoms with E-state index in [4.69, 9.17) is 4.74 Å². The Morgan fingerprint density at radius 2 is 2.33 bits per heavy atom. The fraction of sp³-hybridized carbons (Fsp3) is 0.300. The quantitative estimate of drug-likeness (QED) is 0.535. The van der Waals surface area contributed by atoms with Crippen molar-refractivity contribution in [3.05, 3.63) is 35.5 Å². The Morgan fingerprint density at radius 3 is 3.17 bits per heavy atom. The van der Waals surface area contributed by atoms with Crippen LogP contribution >= 0.6 is 0 Å². The van der Waals surface area contributed by atoms with Crippen LogP contribution in [0.25, 0.3) is 0 Å². The second-order valence-corrected chi connectivity index (χ2v) is 3.29. The number of fused-ring (bicyclic) bond motifs is 2. The second-order valence-electron chi connectivity index (χ2n) is 3.29. The zero-order valence-corrected chi connectivity index (χ0v) is 6.44. The molecule has 1 fully saturated rings. The van der Waals surface area contributed by atoms with Crippen molar-refractivity contribution in [1.82, 2.24) is 0 Å². The average Bonchev–Trinajstić information content (AvgIpc) is 2.68. The molecule has 0 aromatic rings. The predicted octanol–water partition coefficient (Wildman–Crippen LogP) is 1.01. The number of hydrogen-bond donors (Lipinski definition) is 0. The number of aldehydes is 1. The number of hydrogen-bond acceptors (Lipinski definition) is 2. The van der Waals surface area contributed by atoms with Gasteiger partial charge in [-0.2, -0.15) is 0 Å². The van der Waals surface area contributed by atoms with E-state index in [1.54, 1.807) is 0 Å². The van der Waals surface area contributed by atoms with E-state index < -0.39 is 0 Å². The molecule has 12 heavy (non-hydrogen) atoms. The molecule has 0 aromatic heterocycles. The van der Waals surface area contributed by atoms with Gasteiger partial charge < -0.3 is 9.53 Å². The van der Waals surface area contributed by atoms with Gasteiger partial charge in [0.2, 0.25) is 0 Å². The lowest BCUT2D eigenvalue weighted by Crippen LogP contribution is -2.12. The third kappa shape index (κ3) is 0.612. The fourth-order valence-electron chi connectivity index (χ4n) is 1.98. The van der Waals surface area contributed by atoms with Crippen molar-refractivity contribution in [1.29, 1.82) is 0 Å². The van der Waals surface area contributed by atoms with E-state index >= 15 is 0 Å². The molecule has 0 N–H and O–H groups in total. The van der Waals surface area contributed by atoms with E-state index in [1.807, 2.05) is 24.3 Å². The normalized spacial score (nSPS) is 41.2. The Hall–Kier alpha value is -1.15. The molecule has 0 radical (unpaired) electrons. The Kier molecular flexibility index (Phi) is 1.04. The van der Waals surface area contributed by atoms with E-state index in [9.17, 15) is 4.79 Å². The molecule has 2 heteroatoms. The summed E-state index contributed by atoms with van der Waals surface area (Å²) in [5, 5.41) is 0. The second kappa shape index (κ2) is 1.96. The summed E-state index contributed by atoms with van der Waals surface area (Å²) in [6.45, 7) is 0. The highest BCUT2D eigenvalue weighted by atomic mass is 16.5. The van der Waals surface area contributed by atoms with E-state index in [0.29, 0.717) is 0 Å². The zero-order chi connectivity index (χ0) is 8.13. The SMILES string of the molecule is O=CC1C2=C3C=CC=CC3OC21. The minimum absolute atomic E-state index is 0.0624. The lowest BCUT2D eigenvalue weighted by atomic mass is 10.0. The summed E-state index contributed by atoms with van der Waals surface area (Å²) in [6.07, 6.45) is 9.26. The van der Waals surface area contributed by atoms with Crippen molar-refractivity contribution in [2.24, 2.45) is 5.92 Å². The first-order valence-electron chi connectivity index (χ1n) is 4.11. The lowest BCUT2D eigenvalue weighted by molar-refractivity contribution is -0.109. The molecular weight excluding hydrogens is 152 g/mol. The Bertz CT molecular complexity index is 336. The molecule has 3 rings (SSSR count). The van der Waals surface area contributed by atoms with Crippen molar-refractivity contribution in [2.75, 3.05) is 0 Å². The van der Waals surface area contributed by atoms with Crippen LogP contribution in [0.15, 0.2) is 35.5 Å². The number of allylic oxidation sites excluding steroid dienone is 2. The third-order valence-corrected chi connectivity index (χ3v) is 2.64. The minimum Gasteiger partial charge on any atom is -0.361 e. The molecule has 0 spiro atoms. The topological polar surface area (TPSA) is 26.3 Å². The van der Waals surface area contributed by atoms with Gasteiger partial charge in [0.25, 0.3) is 0 Å². The van der Waals surface area contributed by atoms with Crippen molar-refractivity contribution >= 4 is 6.29 Å². The molecule has 1 aliphatic heterocycles. The fourth-order valence-corrected chi connectivity index (χ4v) is 1.98. The average molecular weight is 160 g/mol. The van der Waals surface area contributed by atoms with Crippen LogP contribution in [-0.2, 0) is 9.53 Å². The van der Waals surface area contributed by atoms with Crippen LogP contribution in [0.1, 0.15) is 0 Å². The van der Waals surface area contributed by atoms with Crippen LogP contribution < -0.4 is 0 Å². The molecule has 3 unspecified atom stereocenters. The maximum atomic E-state index is 10.5. The largest absolute Gasteiger partial charge is 0.361 e. The van der Waals surface area contributed by atoms with Gasteiger partial charge in [0.05, 0.1) is 12.0 Å². The summed E-state index contributed by atoms with van der Waals surface area (Å²) in [6, 6.07) is 0. The predicted molar refractivity (Wildman–Crippen MR) is 43.5 cm³/mol. The molecule has 1 saturated carbocycles. The van der Waals surface area contributed by atoms with E-state index in [0.717, 1.165) is 6.29 Å². The van der Waals surface area contributed by atoms with E-state index in [1.165, 1.54) is 11.1 Å².